The summed E-state index contributed by atoms with van der Waals surface area (Å²) in [6.07, 6.45) is 4.70. The molecule has 1 aromatic heterocycles. The number of morpholine rings is 1. The smallest absolute Gasteiger partial charge is 0.243 e. The van der Waals surface area contributed by atoms with Gasteiger partial charge in [0.05, 0.1) is 28.6 Å². The number of fused-ring (bicyclic) bond motifs is 1. The summed E-state index contributed by atoms with van der Waals surface area (Å²) >= 11 is 0. The minimum atomic E-state index is -3.48. The molecule has 2 aliphatic rings. The Morgan fingerprint density at radius 1 is 1.19 bits per heavy atom. The molecule has 0 N–H and O–H groups in total. The zero-order valence-electron chi connectivity index (χ0n) is 19.1. The molecule has 3 heterocycles. The molecule has 9 heteroatoms. The maximum atomic E-state index is 13.0. The monoisotopic (exact) mass is 462 g/mol. The van der Waals surface area contributed by atoms with Crippen molar-refractivity contribution in [2.45, 2.75) is 69.9 Å². The Labute approximate surface area is 190 Å². The maximum Gasteiger partial charge on any atom is 0.243 e. The molecule has 32 heavy (non-hydrogen) atoms. The van der Waals surface area contributed by atoms with Gasteiger partial charge in [-0.2, -0.15) is 4.31 Å². The molecule has 2 aromatic rings. The van der Waals surface area contributed by atoms with E-state index in [2.05, 4.69) is 18.4 Å². The van der Waals surface area contributed by atoms with E-state index in [9.17, 15) is 13.2 Å². The number of ether oxygens (including phenoxy) is 1. The molecule has 2 fully saturated rings. The third-order valence-corrected chi connectivity index (χ3v) is 8.35. The summed E-state index contributed by atoms with van der Waals surface area (Å²) in [6.45, 7) is 8.00. The first-order chi connectivity index (χ1) is 15.4. The Morgan fingerprint density at radius 2 is 1.97 bits per heavy atom. The fourth-order valence-electron chi connectivity index (χ4n) is 4.63. The number of hydrogen-bond acceptors (Lipinski definition) is 5. The Bertz CT molecular complexity index is 1060. The highest BCUT2D eigenvalue weighted by Crippen LogP contribution is 2.26. The van der Waals surface area contributed by atoms with Crippen LogP contribution in [0.2, 0.25) is 0 Å². The van der Waals surface area contributed by atoms with Gasteiger partial charge in [-0.1, -0.05) is 13.8 Å². The maximum absolute atomic E-state index is 13.0. The first-order valence-corrected chi connectivity index (χ1v) is 13.3. The van der Waals surface area contributed by atoms with Crippen molar-refractivity contribution < 1.29 is 17.9 Å². The molecular weight excluding hydrogens is 428 g/mol. The van der Waals surface area contributed by atoms with E-state index < -0.39 is 10.0 Å². The van der Waals surface area contributed by atoms with Crippen LogP contribution in [-0.4, -0.2) is 72.0 Å². The van der Waals surface area contributed by atoms with Crippen molar-refractivity contribution in [2.24, 2.45) is 0 Å². The van der Waals surface area contributed by atoms with E-state index in [-0.39, 0.29) is 12.0 Å². The summed E-state index contributed by atoms with van der Waals surface area (Å²) in [5.41, 5.74) is 1.60. The van der Waals surface area contributed by atoms with Crippen LogP contribution in [0.4, 0.5) is 0 Å². The highest BCUT2D eigenvalue weighted by Gasteiger charge is 2.28. The van der Waals surface area contributed by atoms with Crippen molar-refractivity contribution in [3.8, 4) is 0 Å². The molecule has 1 atom stereocenters. The van der Waals surface area contributed by atoms with Crippen molar-refractivity contribution in [2.75, 3.05) is 32.8 Å². The number of benzene rings is 1. The van der Waals surface area contributed by atoms with Crippen molar-refractivity contribution in [3.05, 3.63) is 24.0 Å². The molecule has 0 spiro atoms. The fraction of sp³-hybridized carbons (Fsp3) is 0.652. The van der Waals surface area contributed by atoms with Crippen LogP contribution < -0.4 is 0 Å². The lowest BCUT2D eigenvalue weighted by Gasteiger charge is -2.32. The van der Waals surface area contributed by atoms with E-state index in [0.29, 0.717) is 56.0 Å². The van der Waals surface area contributed by atoms with Gasteiger partial charge in [0.15, 0.2) is 0 Å². The summed E-state index contributed by atoms with van der Waals surface area (Å²) < 4.78 is 35.3. The van der Waals surface area contributed by atoms with Crippen LogP contribution >= 0.6 is 0 Å². The van der Waals surface area contributed by atoms with E-state index in [0.717, 1.165) is 43.6 Å². The van der Waals surface area contributed by atoms with Gasteiger partial charge >= 0.3 is 0 Å². The zero-order valence-corrected chi connectivity index (χ0v) is 19.9. The van der Waals surface area contributed by atoms with Gasteiger partial charge in [-0.25, -0.2) is 13.4 Å². The number of aryl methyl sites for hydroxylation is 2. The van der Waals surface area contributed by atoms with Gasteiger partial charge in [-0.3, -0.25) is 4.79 Å². The Morgan fingerprint density at radius 3 is 2.69 bits per heavy atom. The quantitative estimate of drug-likeness (QED) is 0.602. The SMILES string of the molecule is CCCn1c(CCC(=O)N2CCOC(CC)C2)nc2cc(S(=O)(=O)N3CCCC3)ccc21. The Kier molecular flexibility index (Phi) is 7.17. The molecule has 4 rings (SSSR count). The van der Waals surface area contributed by atoms with Crippen LogP contribution in [0, 0.1) is 0 Å². The number of carbonyl (C=O) groups is 1. The highest BCUT2D eigenvalue weighted by molar-refractivity contribution is 7.89. The lowest BCUT2D eigenvalue weighted by molar-refractivity contribution is -0.138. The van der Waals surface area contributed by atoms with Crippen molar-refractivity contribution in [1.82, 2.24) is 18.8 Å². The van der Waals surface area contributed by atoms with E-state index in [4.69, 9.17) is 9.72 Å². The lowest BCUT2D eigenvalue weighted by Crippen LogP contribution is -2.45. The van der Waals surface area contributed by atoms with Crippen molar-refractivity contribution in [3.63, 3.8) is 0 Å². The first kappa shape index (κ1) is 23.2. The minimum absolute atomic E-state index is 0.119. The van der Waals surface area contributed by atoms with Crippen LogP contribution in [0.5, 0.6) is 0 Å². The predicted octanol–water partition coefficient (Wildman–Crippen LogP) is 2.80. The second-order valence-corrected chi connectivity index (χ2v) is 10.6. The summed E-state index contributed by atoms with van der Waals surface area (Å²) in [7, 11) is -3.48. The van der Waals surface area contributed by atoms with Gasteiger partial charge in [0.1, 0.15) is 5.82 Å². The van der Waals surface area contributed by atoms with Crippen LogP contribution in [0.25, 0.3) is 11.0 Å². The van der Waals surface area contributed by atoms with Gasteiger partial charge in [0.2, 0.25) is 15.9 Å². The molecule has 176 valence electrons. The van der Waals surface area contributed by atoms with Gasteiger partial charge in [-0.05, 0) is 43.9 Å². The number of hydrogen-bond donors (Lipinski definition) is 0. The highest BCUT2D eigenvalue weighted by atomic mass is 32.2. The van der Waals surface area contributed by atoms with Crippen LogP contribution in [0.15, 0.2) is 23.1 Å². The molecule has 2 saturated heterocycles. The number of imidazole rings is 1. The second-order valence-electron chi connectivity index (χ2n) is 8.68. The standard InChI is InChI=1S/C23H34N4O4S/c1-3-11-27-21-8-7-19(32(29,30)26-12-5-6-13-26)16-20(21)24-22(27)9-10-23(28)25-14-15-31-18(4-2)17-25/h7-8,16,18H,3-6,9-15,17H2,1-2H3. The molecule has 1 unspecified atom stereocenters. The number of nitrogens with zero attached hydrogens (tertiary/aromatic N) is 4. The van der Waals surface area contributed by atoms with Crippen molar-refractivity contribution >= 4 is 27.0 Å². The summed E-state index contributed by atoms with van der Waals surface area (Å²) in [6, 6.07) is 5.24. The number of amides is 1. The van der Waals surface area contributed by atoms with Crippen LogP contribution in [-0.2, 0) is 32.5 Å². The molecule has 1 amide bonds. The van der Waals surface area contributed by atoms with E-state index in [1.54, 1.807) is 16.4 Å². The predicted molar refractivity (Wildman–Crippen MR) is 123 cm³/mol. The summed E-state index contributed by atoms with van der Waals surface area (Å²) in [4.78, 5) is 19.8. The number of rotatable bonds is 8. The largest absolute Gasteiger partial charge is 0.375 e. The number of aromatic nitrogens is 2. The summed E-state index contributed by atoms with van der Waals surface area (Å²) in [5, 5.41) is 0. The van der Waals surface area contributed by atoms with Gasteiger partial charge in [0.25, 0.3) is 0 Å². The average Bonchev–Trinajstić information content (AvgIpc) is 3.46. The molecule has 2 aliphatic heterocycles. The Hall–Kier alpha value is -1.97. The first-order valence-electron chi connectivity index (χ1n) is 11.8. The van der Waals surface area contributed by atoms with Gasteiger partial charge in [0, 0.05) is 45.6 Å². The van der Waals surface area contributed by atoms with Crippen molar-refractivity contribution in [1.29, 1.82) is 0 Å². The lowest BCUT2D eigenvalue weighted by atomic mass is 10.2. The third-order valence-electron chi connectivity index (χ3n) is 6.46. The second kappa shape index (κ2) is 9.89. The van der Waals surface area contributed by atoms with Gasteiger partial charge in [-0.15, -0.1) is 0 Å². The average molecular weight is 463 g/mol. The number of carbonyl (C=O) groups excluding carboxylic acids is 1. The topological polar surface area (TPSA) is 84.7 Å². The van der Waals surface area contributed by atoms with Crippen LogP contribution in [0.1, 0.15) is 51.8 Å². The van der Waals surface area contributed by atoms with E-state index in [1.165, 1.54) is 0 Å². The molecule has 0 bridgehead atoms. The number of sulfonamides is 1. The minimum Gasteiger partial charge on any atom is -0.375 e. The van der Waals surface area contributed by atoms with E-state index in [1.807, 2.05) is 11.0 Å². The third kappa shape index (κ3) is 4.70. The fourth-order valence-corrected chi connectivity index (χ4v) is 6.17. The molecule has 1 aromatic carbocycles. The molecule has 8 nitrogen and oxygen atoms in total. The normalized spacial score (nSPS) is 20.3. The molecule has 0 saturated carbocycles. The molecule has 0 radical (unpaired) electrons. The molecular formula is C23H34N4O4S. The van der Waals surface area contributed by atoms with E-state index >= 15 is 0 Å². The molecule has 0 aliphatic carbocycles. The Balaban J connectivity index is 1.54. The summed E-state index contributed by atoms with van der Waals surface area (Å²) in [5.74, 6) is 0.963. The zero-order chi connectivity index (χ0) is 22.7. The van der Waals surface area contributed by atoms with Crippen LogP contribution in [0.3, 0.4) is 0 Å². The van der Waals surface area contributed by atoms with Gasteiger partial charge < -0.3 is 14.2 Å².